The number of nitrogens with two attached hydrogens (primary N) is 2. The second-order valence-corrected chi connectivity index (χ2v) is 8.07. The first-order chi connectivity index (χ1) is 14.0. The molecule has 1 aromatic carbocycles. The lowest BCUT2D eigenvalue weighted by molar-refractivity contribution is 0.321. The maximum atomic E-state index is 6.34. The highest BCUT2D eigenvalue weighted by molar-refractivity contribution is 6.33. The minimum absolute atomic E-state index is 0.291. The fourth-order valence-electron chi connectivity index (χ4n) is 3.32. The van der Waals surface area contributed by atoms with E-state index in [2.05, 4.69) is 25.7 Å². The molecule has 0 saturated carbocycles. The van der Waals surface area contributed by atoms with Crippen LogP contribution in [-0.2, 0) is 13.0 Å². The quantitative estimate of drug-likeness (QED) is 0.540. The Kier molecular flexibility index (Phi) is 5.84. The first-order valence-corrected chi connectivity index (χ1v) is 10.2. The van der Waals surface area contributed by atoms with Gasteiger partial charge < -0.3 is 31.5 Å². The molecule has 29 heavy (non-hydrogen) atoms. The summed E-state index contributed by atoms with van der Waals surface area (Å²) in [5.41, 5.74) is 14.5. The zero-order valence-corrected chi connectivity index (χ0v) is 17.3. The van der Waals surface area contributed by atoms with Gasteiger partial charge in [-0.2, -0.15) is 4.98 Å². The van der Waals surface area contributed by atoms with Crippen molar-refractivity contribution in [3.05, 3.63) is 63.1 Å². The van der Waals surface area contributed by atoms with Gasteiger partial charge in [-0.1, -0.05) is 28.4 Å². The second-order valence-electron chi connectivity index (χ2n) is 7.23. The molecule has 8 nitrogen and oxygen atoms in total. The fourth-order valence-corrected chi connectivity index (χ4v) is 3.70. The maximum Gasteiger partial charge on any atom is 0.273 e. The summed E-state index contributed by atoms with van der Waals surface area (Å²) in [6.07, 6.45) is 2.53. The van der Waals surface area contributed by atoms with Crippen molar-refractivity contribution in [3.8, 4) is 0 Å². The lowest BCUT2D eigenvalue weighted by Crippen LogP contribution is -2.43. The molecule has 154 valence electrons. The van der Waals surface area contributed by atoms with Crippen LogP contribution in [0.25, 0.3) is 5.70 Å². The molecule has 0 unspecified atom stereocenters. The molecule has 1 saturated heterocycles. The molecule has 4 rings (SSSR count). The summed E-state index contributed by atoms with van der Waals surface area (Å²) in [6.45, 7) is 3.94. The van der Waals surface area contributed by atoms with Crippen LogP contribution in [0.3, 0.4) is 0 Å². The van der Waals surface area contributed by atoms with Gasteiger partial charge in [-0.05, 0) is 48.8 Å². The van der Waals surface area contributed by atoms with Crippen LogP contribution in [0.4, 0.5) is 0 Å². The van der Waals surface area contributed by atoms with E-state index in [9.17, 15) is 0 Å². The van der Waals surface area contributed by atoms with E-state index in [-0.39, 0.29) is 0 Å². The fraction of sp³-hybridized carbons (Fsp3) is 0.368. The topological polar surface area (TPSA) is 118 Å². The molecule has 0 aliphatic carbocycles. The van der Waals surface area contributed by atoms with E-state index >= 15 is 0 Å². The molecule has 2 aliphatic rings. The summed E-state index contributed by atoms with van der Waals surface area (Å²) >= 11 is 12.5. The Morgan fingerprint density at radius 1 is 1.34 bits per heavy atom. The van der Waals surface area contributed by atoms with Gasteiger partial charge in [-0.15, -0.1) is 0 Å². The second kappa shape index (κ2) is 8.52. The van der Waals surface area contributed by atoms with Crippen molar-refractivity contribution in [1.29, 1.82) is 0 Å². The lowest BCUT2D eigenvalue weighted by atomic mass is 9.99. The highest BCUT2D eigenvalue weighted by atomic mass is 35.5. The molecule has 0 atom stereocenters. The number of rotatable bonds is 6. The van der Waals surface area contributed by atoms with E-state index in [1.54, 1.807) is 18.2 Å². The van der Waals surface area contributed by atoms with Crippen molar-refractivity contribution in [1.82, 2.24) is 25.7 Å². The van der Waals surface area contributed by atoms with Gasteiger partial charge in [0.1, 0.15) is 5.82 Å². The van der Waals surface area contributed by atoms with Crippen molar-refractivity contribution >= 4 is 28.9 Å². The SMILES string of the molecule is NC1=C(/C=C(\N)c2nc(CC3CNC3)no2)N(Cc2cc(Cl)ccc2Cl)CCN1. The zero-order valence-electron chi connectivity index (χ0n) is 15.8. The zero-order chi connectivity index (χ0) is 20.4. The van der Waals surface area contributed by atoms with Gasteiger partial charge in [0.25, 0.3) is 5.89 Å². The summed E-state index contributed by atoms with van der Waals surface area (Å²) in [7, 11) is 0. The Balaban J connectivity index is 1.54. The number of nitrogens with one attached hydrogen (secondary N) is 2. The maximum absolute atomic E-state index is 6.34. The minimum Gasteiger partial charge on any atom is -0.394 e. The van der Waals surface area contributed by atoms with Crippen LogP contribution in [0, 0.1) is 5.92 Å². The van der Waals surface area contributed by atoms with Crippen LogP contribution < -0.4 is 22.1 Å². The van der Waals surface area contributed by atoms with Gasteiger partial charge in [0.15, 0.2) is 5.82 Å². The van der Waals surface area contributed by atoms with E-state index in [0.29, 0.717) is 52.3 Å². The third-order valence-electron chi connectivity index (χ3n) is 5.03. The molecule has 0 amide bonds. The minimum atomic E-state index is 0.291. The number of hydrogen-bond donors (Lipinski definition) is 4. The molecule has 0 radical (unpaired) electrons. The number of aromatic nitrogens is 2. The van der Waals surface area contributed by atoms with Crippen molar-refractivity contribution in [2.24, 2.45) is 17.4 Å². The van der Waals surface area contributed by atoms with Gasteiger partial charge in [0.2, 0.25) is 0 Å². The van der Waals surface area contributed by atoms with Crippen molar-refractivity contribution in [2.45, 2.75) is 13.0 Å². The van der Waals surface area contributed by atoms with Crippen LogP contribution in [0.15, 0.2) is 40.3 Å². The Morgan fingerprint density at radius 3 is 2.93 bits per heavy atom. The average Bonchev–Trinajstić information content (AvgIpc) is 3.13. The molecule has 3 heterocycles. The van der Waals surface area contributed by atoms with Crippen LogP contribution in [-0.4, -0.2) is 41.2 Å². The van der Waals surface area contributed by atoms with Gasteiger partial charge in [-0.25, -0.2) is 0 Å². The van der Waals surface area contributed by atoms with Crippen LogP contribution >= 0.6 is 23.2 Å². The van der Waals surface area contributed by atoms with Crippen LogP contribution in [0.1, 0.15) is 17.3 Å². The molecule has 1 aromatic heterocycles. The summed E-state index contributed by atoms with van der Waals surface area (Å²) < 4.78 is 5.35. The Hall–Kier alpha value is -2.42. The largest absolute Gasteiger partial charge is 0.394 e. The number of hydrogen-bond acceptors (Lipinski definition) is 8. The Bertz CT molecular complexity index is 952. The molecule has 0 bridgehead atoms. The van der Waals surface area contributed by atoms with Gasteiger partial charge in [0, 0.05) is 36.1 Å². The van der Waals surface area contributed by atoms with E-state index < -0.39 is 0 Å². The van der Waals surface area contributed by atoms with Crippen molar-refractivity contribution in [3.63, 3.8) is 0 Å². The van der Waals surface area contributed by atoms with Gasteiger partial charge in [-0.3, -0.25) is 0 Å². The molecule has 6 N–H and O–H groups in total. The highest BCUT2D eigenvalue weighted by Gasteiger charge is 2.22. The van der Waals surface area contributed by atoms with E-state index in [1.807, 2.05) is 6.07 Å². The molecule has 1 fully saturated rings. The number of benzene rings is 1. The standard InChI is InChI=1S/C19H23Cl2N7O/c20-13-1-2-14(21)12(6-13)10-28-4-3-25-18(23)16(28)7-15(22)19-26-17(27-29-19)5-11-8-24-9-11/h1-2,6-7,11,24-25H,3-5,8-10,22-23H2/b15-7-. The summed E-state index contributed by atoms with van der Waals surface area (Å²) in [4.78, 5) is 6.51. The molecule has 2 aromatic rings. The van der Waals surface area contributed by atoms with E-state index in [0.717, 1.165) is 37.3 Å². The van der Waals surface area contributed by atoms with Gasteiger partial charge in [0.05, 0.1) is 11.4 Å². The third-order valence-corrected chi connectivity index (χ3v) is 5.63. The van der Waals surface area contributed by atoms with Crippen LogP contribution in [0.5, 0.6) is 0 Å². The third kappa shape index (κ3) is 4.60. The molecule has 0 spiro atoms. The monoisotopic (exact) mass is 435 g/mol. The summed E-state index contributed by atoms with van der Waals surface area (Å²) in [5, 5.41) is 11.7. The predicted molar refractivity (Wildman–Crippen MR) is 113 cm³/mol. The van der Waals surface area contributed by atoms with E-state index in [1.165, 1.54) is 0 Å². The molecule has 2 aliphatic heterocycles. The number of allylic oxidation sites excluding steroid dienone is 1. The van der Waals surface area contributed by atoms with Crippen molar-refractivity contribution in [2.75, 3.05) is 26.2 Å². The summed E-state index contributed by atoms with van der Waals surface area (Å²) in [6, 6.07) is 5.41. The first-order valence-electron chi connectivity index (χ1n) is 9.43. The normalized spacial score (nSPS) is 18.0. The lowest BCUT2D eigenvalue weighted by Gasteiger charge is -2.32. The molecular weight excluding hydrogens is 413 g/mol. The number of nitrogens with zero attached hydrogens (tertiary/aromatic N) is 3. The summed E-state index contributed by atoms with van der Waals surface area (Å²) in [5.74, 6) is 2.02. The van der Waals surface area contributed by atoms with Crippen molar-refractivity contribution < 1.29 is 4.52 Å². The predicted octanol–water partition coefficient (Wildman–Crippen LogP) is 1.67. The number of halogens is 2. The first kappa shape index (κ1) is 19.9. The molecule has 10 heteroatoms. The van der Waals surface area contributed by atoms with Crippen LogP contribution in [0.2, 0.25) is 10.0 Å². The molecular formula is C19H23Cl2N7O. The smallest absolute Gasteiger partial charge is 0.273 e. The van der Waals surface area contributed by atoms with E-state index in [4.69, 9.17) is 39.2 Å². The highest BCUT2D eigenvalue weighted by Crippen LogP contribution is 2.25. The van der Waals surface area contributed by atoms with Gasteiger partial charge >= 0.3 is 0 Å². The Labute approximate surface area is 178 Å². The Morgan fingerprint density at radius 2 is 2.17 bits per heavy atom. The average molecular weight is 436 g/mol.